The highest BCUT2D eigenvalue weighted by molar-refractivity contribution is 7.80. The Morgan fingerprint density at radius 1 is 0.730 bits per heavy atom. The number of hydrazine groups is 1. The molecule has 37 heavy (non-hydrogen) atoms. The quantitative estimate of drug-likeness (QED) is 0.151. The Balaban J connectivity index is 2.11. The van der Waals surface area contributed by atoms with Crippen LogP contribution >= 0.6 is 12.2 Å². The number of thiocarbonyl (C=S) groups is 1. The summed E-state index contributed by atoms with van der Waals surface area (Å²) in [6.45, 7) is 8.40. The van der Waals surface area contributed by atoms with Crippen LogP contribution in [-0.4, -0.2) is 37.3 Å². The molecule has 0 amide bonds. The first-order chi connectivity index (χ1) is 18.0. The first kappa shape index (κ1) is 28.5. The molecule has 0 spiro atoms. The molecular weight excluding hydrogens is 478 g/mol. The molecule has 5 nitrogen and oxygen atoms in total. The van der Waals surface area contributed by atoms with Crippen LogP contribution in [0.25, 0.3) is 0 Å². The summed E-state index contributed by atoms with van der Waals surface area (Å²) in [7, 11) is 3.37. The van der Waals surface area contributed by atoms with Crippen molar-refractivity contribution in [1.29, 1.82) is 0 Å². The van der Waals surface area contributed by atoms with Crippen molar-refractivity contribution in [3.05, 3.63) is 95.1 Å². The van der Waals surface area contributed by atoms with Crippen LogP contribution in [0.3, 0.4) is 0 Å². The van der Waals surface area contributed by atoms with Crippen LogP contribution in [0.4, 0.5) is 0 Å². The van der Waals surface area contributed by atoms with Gasteiger partial charge in [0.25, 0.3) is 0 Å². The molecule has 0 aliphatic rings. The van der Waals surface area contributed by atoms with E-state index < -0.39 is 5.54 Å². The average Bonchev–Trinajstić information content (AvgIpc) is 2.94. The predicted octanol–water partition coefficient (Wildman–Crippen LogP) is 6.59. The van der Waals surface area contributed by atoms with Gasteiger partial charge >= 0.3 is 0 Å². The van der Waals surface area contributed by atoms with Crippen molar-refractivity contribution < 1.29 is 9.47 Å². The summed E-state index contributed by atoms with van der Waals surface area (Å²) in [6.07, 6.45) is 4.46. The fourth-order valence-corrected chi connectivity index (χ4v) is 4.67. The van der Waals surface area contributed by atoms with E-state index in [0.29, 0.717) is 5.11 Å². The van der Waals surface area contributed by atoms with Crippen LogP contribution in [0, 0.1) is 6.92 Å². The molecule has 2 N–H and O–H groups in total. The molecule has 0 saturated heterocycles. The van der Waals surface area contributed by atoms with Gasteiger partial charge in [-0.05, 0) is 72.9 Å². The highest BCUT2D eigenvalue weighted by atomic mass is 32.1. The van der Waals surface area contributed by atoms with Crippen molar-refractivity contribution in [2.24, 2.45) is 0 Å². The zero-order valence-electron chi connectivity index (χ0n) is 22.8. The maximum absolute atomic E-state index is 5.93. The number of methoxy groups -OCH3 is 2. The van der Waals surface area contributed by atoms with E-state index in [1.807, 2.05) is 24.3 Å². The van der Waals surface area contributed by atoms with Crippen molar-refractivity contribution in [1.82, 2.24) is 15.8 Å². The van der Waals surface area contributed by atoms with Crippen LogP contribution in [0.1, 0.15) is 61.8 Å². The molecule has 0 bridgehead atoms. The lowest BCUT2D eigenvalue weighted by Crippen LogP contribution is -2.56. The summed E-state index contributed by atoms with van der Waals surface area (Å²) in [6, 6.07) is 25.0. The van der Waals surface area contributed by atoms with Gasteiger partial charge in [-0.3, -0.25) is 5.43 Å². The highest BCUT2D eigenvalue weighted by Gasteiger charge is 2.37. The fraction of sp³-hybridized carbons (Fsp3) is 0.387. The molecule has 3 aromatic rings. The van der Waals surface area contributed by atoms with Gasteiger partial charge in [-0.15, -0.1) is 0 Å². The minimum atomic E-state index is -0.725. The molecule has 0 unspecified atom stereocenters. The summed E-state index contributed by atoms with van der Waals surface area (Å²) in [5.41, 5.74) is 10.8. The Bertz CT molecular complexity index is 1040. The Morgan fingerprint density at radius 2 is 1.14 bits per heavy atom. The molecule has 0 saturated carbocycles. The van der Waals surface area contributed by atoms with Crippen LogP contribution < -0.4 is 20.3 Å². The van der Waals surface area contributed by atoms with Gasteiger partial charge in [-0.25, -0.2) is 5.43 Å². The summed E-state index contributed by atoms with van der Waals surface area (Å²) in [5.74, 6) is 1.62. The smallest absolute Gasteiger partial charge is 0.183 e. The highest BCUT2D eigenvalue weighted by Crippen LogP contribution is 2.38. The third-order valence-corrected chi connectivity index (χ3v) is 7.10. The summed E-state index contributed by atoms with van der Waals surface area (Å²) in [5, 5.41) is 0.709. The van der Waals surface area contributed by atoms with Crippen molar-refractivity contribution in [3.63, 3.8) is 0 Å². The number of hydrogen-bond acceptors (Lipinski definition) is 4. The summed E-state index contributed by atoms with van der Waals surface area (Å²) >= 11 is 5.93. The number of rotatable bonds is 13. The van der Waals surface area contributed by atoms with Crippen molar-refractivity contribution in [2.75, 3.05) is 27.3 Å². The van der Waals surface area contributed by atoms with Crippen molar-refractivity contribution in [2.45, 2.75) is 52.0 Å². The monoisotopic (exact) mass is 519 g/mol. The minimum absolute atomic E-state index is 0.709. The van der Waals surface area contributed by atoms with E-state index in [2.05, 4.69) is 85.1 Å². The van der Waals surface area contributed by atoms with Crippen LogP contribution in [0.2, 0.25) is 0 Å². The number of benzene rings is 3. The summed E-state index contributed by atoms with van der Waals surface area (Å²) < 4.78 is 10.9. The van der Waals surface area contributed by atoms with Crippen molar-refractivity contribution in [3.8, 4) is 11.5 Å². The molecule has 0 aromatic heterocycles. The lowest BCUT2D eigenvalue weighted by atomic mass is 9.77. The Labute approximate surface area is 228 Å². The van der Waals surface area contributed by atoms with Gasteiger partial charge in [0.2, 0.25) is 0 Å². The SMILES string of the molecule is CCCCN(CCCC)C(=S)NNC(c1ccc(C)cc1)(c1ccc(OC)cc1)c1ccc(OC)cc1. The van der Waals surface area contributed by atoms with Gasteiger partial charge in [0.1, 0.15) is 17.0 Å². The number of ether oxygens (including phenoxy) is 2. The van der Waals surface area contributed by atoms with Gasteiger partial charge < -0.3 is 14.4 Å². The second-order valence-corrected chi connectivity index (χ2v) is 9.71. The molecule has 0 heterocycles. The van der Waals surface area contributed by atoms with Crippen molar-refractivity contribution >= 4 is 17.3 Å². The standard InChI is InChI=1S/C31H41N3O2S/c1-6-8-22-34(23-9-7-2)30(37)32-33-31(25-12-10-24(3)11-13-25,26-14-18-28(35-4)19-15-26)27-16-20-29(36-5)21-17-27/h10-21,33H,6-9,22-23H2,1-5H3,(H,32,37). The van der Waals surface area contributed by atoms with Gasteiger partial charge in [-0.2, -0.15) is 0 Å². The van der Waals surface area contributed by atoms with E-state index in [1.54, 1.807) is 14.2 Å². The van der Waals surface area contributed by atoms with Gasteiger partial charge in [0, 0.05) is 13.1 Å². The average molecular weight is 520 g/mol. The minimum Gasteiger partial charge on any atom is -0.497 e. The Kier molecular flexibility index (Phi) is 10.8. The second kappa shape index (κ2) is 14.0. The van der Waals surface area contributed by atoms with E-state index in [4.69, 9.17) is 21.7 Å². The van der Waals surface area contributed by atoms with E-state index in [0.717, 1.165) is 67.0 Å². The van der Waals surface area contributed by atoms with Crippen LogP contribution in [-0.2, 0) is 5.54 Å². The normalized spacial score (nSPS) is 11.2. The number of hydrogen-bond donors (Lipinski definition) is 2. The molecule has 198 valence electrons. The fourth-order valence-electron chi connectivity index (χ4n) is 4.44. The first-order valence-corrected chi connectivity index (χ1v) is 13.6. The van der Waals surface area contributed by atoms with Gasteiger partial charge in [-0.1, -0.05) is 80.8 Å². The molecular formula is C31H41N3O2S. The first-order valence-electron chi connectivity index (χ1n) is 13.2. The molecule has 0 aliphatic heterocycles. The molecule has 3 rings (SSSR count). The third kappa shape index (κ3) is 7.02. The summed E-state index contributed by atoms with van der Waals surface area (Å²) in [4.78, 5) is 2.28. The molecule has 0 aliphatic carbocycles. The molecule has 0 atom stereocenters. The van der Waals surface area contributed by atoms with E-state index >= 15 is 0 Å². The zero-order valence-corrected chi connectivity index (χ0v) is 23.7. The van der Waals surface area contributed by atoms with Gasteiger partial charge in [0.05, 0.1) is 14.2 Å². The van der Waals surface area contributed by atoms with Crippen LogP contribution in [0.15, 0.2) is 72.8 Å². The van der Waals surface area contributed by atoms with E-state index in [1.165, 1.54) is 5.56 Å². The topological polar surface area (TPSA) is 45.8 Å². The number of unbranched alkanes of at least 4 members (excludes halogenated alkanes) is 2. The zero-order chi connectivity index (χ0) is 26.7. The van der Waals surface area contributed by atoms with E-state index in [9.17, 15) is 0 Å². The Morgan fingerprint density at radius 3 is 1.51 bits per heavy atom. The lowest BCUT2D eigenvalue weighted by molar-refractivity contribution is 0.365. The number of nitrogens with one attached hydrogen (secondary N) is 2. The van der Waals surface area contributed by atoms with Crippen LogP contribution in [0.5, 0.6) is 11.5 Å². The maximum Gasteiger partial charge on any atom is 0.183 e. The maximum atomic E-state index is 5.93. The largest absolute Gasteiger partial charge is 0.497 e. The third-order valence-electron chi connectivity index (χ3n) is 6.74. The number of nitrogens with zero attached hydrogens (tertiary/aromatic N) is 1. The molecule has 0 radical (unpaired) electrons. The molecule has 3 aromatic carbocycles. The van der Waals surface area contributed by atoms with Gasteiger partial charge in [0.15, 0.2) is 5.11 Å². The lowest BCUT2D eigenvalue weighted by Gasteiger charge is -2.38. The Hall–Kier alpha value is -3.09. The predicted molar refractivity (Wildman–Crippen MR) is 157 cm³/mol. The molecule has 0 fully saturated rings. The molecule has 6 heteroatoms. The second-order valence-electron chi connectivity index (χ2n) is 9.32. The van der Waals surface area contributed by atoms with E-state index in [-0.39, 0.29) is 0 Å². The number of aryl methyl sites for hydroxylation is 1.